The van der Waals surface area contributed by atoms with Gasteiger partial charge in [-0.05, 0) is 30.0 Å². The minimum Gasteiger partial charge on any atom is -0.321 e. The van der Waals surface area contributed by atoms with E-state index in [-0.39, 0.29) is 17.7 Å². The Morgan fingerprint density at radius 2 is 2.00 bits per heavy atom. The lowest BCUT2D eigenvalue weighted by Gasteiger charge is -2.13. The van der Waals surface area contributed by atoms with Crippen LogP contribution in [0, 0.1) is 5.92 Å². The molecule has 0 aliphatic rings. The summed E-state index contributed by atoms with van der Waals surface area (Å²) in [6.07, 6.45) is 4.75. The van der Waals surface area contributed by atoms with Crippen LogP contribution in [0.3, 0.4) is 0 Å². The Kier molecular flexibility index (Phi) is 4.43. The lowest BCUT2D eigenvalue weighted by molar-refractivity contribution is -0.121. The van der Waals surface area contributed by atoms with Gasteiger partial charge in [-0.15, -0.1) is 0 Å². The Bertz CT molecular complexity index is 309. The molecule has 1 rings (SSSR count). The number of aryl methyl sites for hydroxylation is 1. The Morgan fingerprint density at radius 3 is 2.53 bits per heavy atom. The van der Waals surface area contributed by atoms with Gasteiger partial charge in [0.2, 0.25) is 0 Å². The number of aromatic nitrogens is 1. The number of nitrogens with two attached hydrogens (primary N) is 1. The SMILES string of the molecule is CC(C)[C@@H](N)C(=O)CCc1ccncc1. The first kappa shape index (κ1) is 11.9. The van der Waals surface area contributed by atoms with E-state index < -0.39 is 0 Å². The molecule has 3 nitrogen and oxygen atoms in total. The summed E-state index contributed by atoms with van der Waals surface area (Å²) in [6.45, 7) is 3.93. The number of Topliss-reactive ketones (excluding diaryl/α,β-unsaturated/α-hetero) is 1. The first-order chi connectivity index (χ1) is 7.11. The molecule has 1 aromatic heterocycles. The van der Waals surface area contributed by atoms with E-state index in [0.29, 0.717) is 6.42 Å². The van der Waals surface area contributed by atoms with Crippen molar-refractivity contribution in [1.82, 2.24) is 4.98 Å². The zero-order chi connectivity index (χ0) is 11.3. The summed E-state index contributed by atoms with van der Waals surface area (Å²) >= 11 is 0. The van der Waals surface area contributed by atoms with Crippen molar-refractivity contribution in [2.75, 3.05) is 0 Å². The Labute approximate surface area is 90.7 Å². The number of pyridine rings is 1. The maximum absolute atomic E-state index is 11.6. The van der Waals surface area contributed by atoms with E-state index in [2.05, 4.69) is 4.98 Å². The molecule has 0 saturated heterocycles. The molecule has 0 bridgehead atoms. The fourth-order valence-electron chi connectivity index (χ4n) is 1.36. The van der Waals surface area contributed by atoms with E-state index in [1.807, 2.05) is 26.0 Å². The van der Waals surface area contributed by atoms with Crippen LogP contribution < -0.4 is 5.73 Å². The molecule has 0 fully saturated rings. The van der Waals surface area contributed by atoms with Gasteiger partial charge in [0.25, 0.3) is 0 Å². The summed E-state index contributed by atoms with van der Waals surface area (Å²) in [4.78, 5) is 15.5. The second-order valence-electron chi connectivity index (χ2n) is 4.09. The number of ketones is 1. The van der Waals surface area contributed by atoms with Crippen molar-refractivity contribution in [2.24, 2.45) is 11.7 Å². The zero-order valence-corrected chi connectivity index (χ0v) is 9.31. The number of nitrogens with zero attached hydrogens (tertiary/aromatic N) is 1. The highest BCUT2D eigenvalue weighted by molar-refractivity contribution is 5.84. The Hall–Kier alpha value is -1.22. The van der Waals surface area contributed by atoms with E-state index in [4.69, 9.17) is 5.73 Å². The third-order valence-corrected chi connectivity index (χ3v) is 2.50. The van der Waals surface area contributed by atoms with Crippen LogP contribution in [0.2, 0.25) is 0 Å². The molecule has 0 unspecified atom stereocenters. The second-order valence-corrected chi connectivity index (χ2v) is 4.09. The maximum atomic E-state index is 11.6. The van der Waals surface area contributed by atoms with Gasteiger partial charge in [0.1, 0.15) is 5.78 Å². The molecule has 2 N–H and O–H groups in total. The third-order valence-electron chi connectivity index (χ3n) is 2.50. The summed E-state index contributed by atoms with van der Waals surface area (Å²) in [5, 5.41) is 0. The molecule has 0 aliphatic heterocycles. The van der Waals surface area contributed by atoms with E-state index >= 15 is 0 Å². The zero-order valence-electron chi connectivity index (χ0n) is 9.31. The lowest BCUT2D eigenvalue weighted by atomic mass is 9.97. The van der Waals surface area contributed by atoms with Gasteiger partial charge >= 0.3 is 0 Å². The maximum Gasteiger partial charge on any atom is 0.150 e. The molecule has 3 heteroatoms. The molecule has 1 aromatic rings. The van der Waals surface area contributed by atoms with Gasteiger partial charge in [-0.1, -0.05) is 13.8 Å². The number of hydrogen-bond acceptors (Lipinski definition) is 3. The van der Waals surface area contributed by atoms with E-state index in [9.17, 15) is 4.79 Å². The van der Waals surface area contributed by atoms with Crippen molar-refractivity contribution >= 4 is 5.78 Å². The molecule has 0 aromatic carbocycles. The average molecular weight is 206 g/mol. The van der Waals surface area contributed by atoms with Crippen molar-refractivity contribution in [3.63, 3.8) is 0 Å². The molecule has 0 radical (unpaired) electrons. The molecular weight excluding hydrogens is 188 g/mol. The first-order valence-corrected chi connectivity index (χ1v) is 5.28. The molecule has 0 aliphatic carbocycles. The van der Waals surface area contributed by atoms with Gasteiger partial charge in [-0.25, -0.2) is 0 Å². The van der Waals surface area contributed by atoms with Crippen LogP contribution in [0.1, 0.15) is 25.8 Å². The fraction of sp³-hybridized carbons (Fsp3) is 0.500. The van der Waals surface area contributed by atoms with Gasteiger partial charge in [0, 0.05) is 18.8 Å². The number of carbonyl (C=O) groups excluding carboxylic acids is 1. The largest absolute Gasteiger partial charge is 0.321 e. The molecule has 0 amide bonds. The Morgan fingerprint density at radius 1 is 1.40 bits per heavy atom. The molecule has 82 valence electrons. The van der Waals surface area contributed by atoms with Crippen molar-refractivity contribution in [3.05, 3.63) is 30.1 Å². The van der Waals surface area contributed by atoms with E-state index in [0.717, 1.165) is 12.0 Å². The monoisotopic (exact) mass is 206 g/mol. The highest BCUT2D eigenvalue weighted by atomic mass is 16.1. The summed E-state index contributed by atoms with van der Waals surface area (Å²) in [6, 6.07) is 3.52. The highest BCUT2D eigenvalue weighted by Crippen LogP contribution is 2.06. The summed E-state index contributed by atoms with van der Waals surface area (Å²) in [5.74, 6) is 0.358. The van der Waals surface area contributed by atoms with Crippen molar-refractivity contribution < 1.29 is 4.79 Å². The predicted octanol–water partition coefficient (Wildman–Crippen LogP) is 1.57. The number of rotatable bonds is 5. The van der Waals surface area contributed by atoms with Crippen molar-refractivity contribution in [2.45, 2.75) is 32.7 Å². The smallest absolute Gasteiger partial charge is 0.150 e. The summed E-state index contributed by atoms with van der Waals surface area (Å²) < 4.78 is 0. The summed E-state index contributed by atoms with van der Waals surface area (Å²) in [5.41, 5.74) is 6.90. The van der Waals surface area contributed by atoms with Gasteiger partial charge < -0.3 is 5.73 Å². The molecule has 0 spiro atoms. The van der Waals surface area contributed by atoms with Crippen LogP contribution in [0.25, 0.3) is 0 Å². The van der Waals surface area contributed by atoms with Gasteiger partial charge in [-0.3, -0.25) is 9.78 Å². The van der Waals surface area contributed by atoms with Gasteiger partial charge in [0.15, 0.2) is 0 Å². The normalized spacial score (nSPS) is 12.8. The molecular formula is C12H18N2O. The minimum atomic E-state index is -0.327. The van der Waals surface area contributed by atoms with Crippen molar-refractivity contribution in [3.8, 4) is 0 Å². The predicted molar refractivity (Wildman–Crippen MR) is 60.4 cm³/mol. The summed E-state index contributed by atoms with van der Waals surface area (Å²) in [7, 11) is 0. The third kappa shape index (κ3) is 3.80. The first-order valence-electron chi connectivity index (χ1n) is 5.28. The van der Waals surface area contributed by atoms with Crippen LogP contribution in [0.4, 0.5) is 0 Å². The van der Waals surface area contributed by atoms with Crippen molar-refractivity contribution in [1.29, 1.82) is 0 Å². The minimum absolute atomic E-state index is 0.141. The van der Waals surface area contributed by atoms with Crippen LogP contribution >= 0.6 is 0 Å². The Balaban J connectivity index is 2.41. The van der Waals surface area contributed by atoms with Crippen LogP contribution in [0.15, 0.2) is 24.5 Å². The molecule has 0 saturated carbocycles. The standard InChI is InChI=1S/C12H18N2O/c1-9(2)12(13)11(15)4-3-10-5-7-14-8-6-10/h5-9,12H,3-4,13H2,1-2H3/t12-/m1/s1. The molecule has 1 atom stereocenters. The molecule has 15 heavy (non-hydrogen) atoms. The number of carbonyl (C=O) groups is 1. The highest BCUT2D eigenvalue weighted by Gasteiger charge is 2.16. The van der Waals surface area contributed by atoms with E-state index in [1.165, 1.54) is 0 Å². The quantitative estimate of drug-likeness (QED) is 0.795. The number of hydrogen-bond donors (Lipinski definition) is 1. The van der Waals surface area contributed by atoms with Gasteiger partial charge in [-0.2, -0.15) is 0 Å². The van der Waals surface area contributed by atoms with Crippen LogP contribution in [-0.4, -0.2) is 16.8 Å². The fourth-order valence-corrected chi connectivity index (χ4v) is 1.36. The van der Waals surface area contributed by atoms with Gasteiger partial charge in [0.05, 0.1) is 6.04 Å². The molecule has 1 heterocycles. The average Bonchev–Trinajstić information content (AvgIpc) is 2.26. The lowest BCUT2D eigenvalue weighted by Crippen LogP contribution is -2.35. The van der Waals surface area contributed by atoms with Crippen LogP contribution in [-0.2, 0) is 11.2 Å². The second kappa shape index (κ2) is 5.61. The van der Waals surface area contributed by atoms with Crippen LogP contribution in [0.5, 0.6) is 0 Å². The van der Waals surface area contributed by atoms with E-state index in [1.54, 1.807) is 12.4 Å². The topological polar surface area (TPSA) is 56.0 Å².